The largest absolute Gasteiger partial charge is 0.519 e. The number of anilines is 3. The van der Waals surface area contributed by atoms with Crippen LogP contribution in [-0.4, -0.2) is 17.7 Å². The molecule has 0 heterocycles. The van der Waals surface area contributed by atoms with E-state index in [4.69, 9.17) is 18.9 Å². The summed E-state index contributed by atoms with van der Waals surface area (Å²) in [7, 11) is 0. The van der Waals surface area contributed by atoms with E-state index >= 15 is 0 Å². The van der Waals surface area contributed by atoms with E-state index in [9.17, 15) is 9.59 Å². The molecule has 0 aliphatic carbocycles. The molecule has 7 aromatic carbocycles. The van der Waals surface area contributed by atoms with Crippen LogP contribution in [0.15, 0.2) is 170 Å². The molecule has 0 saturated carbocycles. The van der Waals surface area contributed by atoms with Gasteiger partial charge in [0.1, 0.15) is 28.6 Å². The third-order valence-corrected chi connectivity index (χ3v) is 14.4. The van der Waals surface area contributed by atoms with Crippen LogP contribution < -0.4 is 23.8 Å². The number of aryl methyl sites for hydroxylation is 2. The molecule has 380 valence electrons. The smallest absolute Gasteiger partial charge is 0.488 e. The monoisotopic (exact) mass is 978 g/mol. The van der Waals surface area contributed by atoms with E-state index in [1.165, 1.54) is 11.1 Å². The molecule has 0 aliphatic rings. The molecule has 7 nitrogen and oxygen atoms in total. The molecule has 7 aromatic rings. The molecule has 0 amide bonds. The minimum atomic E-state index is -0.832. The molecular weight excluding hydrogens is 903 g/mol. The number of hydrogen-bond donors (Lipinski definition) is 0. The van der Waals surface area contributed by atoms with Crippen molar-refractivity contribution in [3.05, 3.63) is 209 Å². The molecule has 1 atom stereocenters. The number of hydrogen-bond acceptors (Lipinski definition) is 7. The Morgan fingerprint density at radius 1 is 0.411 bits per heavy atom. The molecule has 73 heavy (non-hydrogen) atoms. The quantitative estimate of drug-likeness (QED) is 0.0233. The van der Waals surface area contributed by atoms with Gasteiger partial charge < -0.3 is 23.8 Å². The van der Waals surface area contributed by atoms with Crippen LogP contribution in [0.1, 0.15) is 146 Å². The van der Waals surface area contributed by atoms with Crippen molar-refractivity contribution >= 4 is 29.2 Å². The standard InChI is InChI=1S/C66H75NO6/c1-12-14-16-45-63(5,6)61(68)70-57-37-23-49(24-38-57)65(9,10)50-25-39-58(40-26-50)71-62(69)72-59-41-27-52(28-42-59)66(11,53-29-43-60(44-30-53)73-64(7,8)46-15-13-2)51-21-35-56(36-22-51)67(54-31-17-47(3)18-32-54)55-33-19-48(4)20-34-55/h17-44H,12-16,45-46H2,1-11H3. The number of rotatable bonds is 21. The summed E-state index contributed by atoms with van der Waals surface area (Å²) in [5, 5.41) is 0. The summed E-state index contributed by atoms with van der Waals surface area (Å²) < 4.78 is 23.8. The fourth-order valence-electron chi connectivity index (χ4n) is 9.39. The Hall–Kier alpha value is -7.12. The van der Waals surface area contributed by atoms with Gasteiger partial charge in [0.25, 0.3) is 0 Å². The van der Waals surface area contributed by atoms with E-state index in [1.54, 1.807) is 12.1 Å². The molecule has 0 aliphatic heterocycles. The molecule has 7 rings (SSSR count). The molecule has 1 unspecified atom stereocenters. The zero-order chi connectivity index (χ0) is 52.4. The zero-order valence-corrected chi connectivity index (χ0v) is 45.0. The van der Waals surface area contributed by atoms with Gasteiger partial charge in [-0.1, -0.05) is 149 Å². The molecule has 7 heteroatoms. The van der Waals surface area contributed by atoms with Crippen molar-refractivity contribution in [1.82, 2.24) is 0 Å². The van der Waals surface area contributed by atoms with Crippen molar-refractivity contribution in [1.29, 1.82) is 0 Å². The Labute approximate surface area is 435 Å². The third-order valence-electron chi connectivity index (χ3n) is 14.4. The van der Waals surface area contributed by atoms with Crippen LogP contribution in [-0.2, 0) is 15.6 Å². The summed E-state index contributed by atoms with van der Waals surface area (Å²) in [4.78, 5) is 28.5. The highest BCUT2D eigenvalue weighted by atomic mass is 16.7. The maximum Gasteiger partial charge on any atom is 0.519 e. The minimum absolute atomic E-state index is 0.215. The van der Waals surface area contributed by atoms with E-state index in [0.717, 1.165) is 95.6 Å². The average Bonchev–Trinajstić information content (AvgIpc) is 3.37. The fourth-order valence-corrected chi connectivity index (χ4v) is 9.39. The van der Waals surface area contributed by atoms with Crippen molar-refractivity contribution in [3.63, 3.8) is 0 Å². The van der Waals surface area contributed by atoms with Crippen LogP contribution in [0.3, 0.4) is 0 Å². The lowest BCUT2D eigenvalue weighted by Gasteiger charge is -2.33. The summed E-state index contributed by atoms with van der Waals surface area (Å²) >= 11 is 0. The first-order valence-corrected chi connectivity index (χ1v) is 26.1. The van der Waals surface area contributed by atoms with Crippen molar-refractivity contribution in [2.75, 3.05) is 4.90 Å². The first-order chi connectivity index (χ1) is 34.8. The number of ether oxygens (including phenoxy) is 4. The van der Waals surface area contributed by atoms with E-state index in [0.29, 0.717) is 17.2 Å². The zero-order valence-electron chi connectivity index (χ0n) is 45.0. The molecule has 0 radical (unpaired) electrons. The highest BCUT2D eigenvalue weighted by Crippen LogP contribution is 2.43. The van der Waals surface area contributed by atoms with Gasteiger partial charge in [-0.15, -0.1) is 0 Å². The Bertz CT molecular complexity index is 2840. The Kier molecular flexibility index (Phi) is 17.0. The van der Waals surface area contributed by atoms with Gasteiger partial charge in [-0.2, -0.15) is 0 Å². The second-order valence-corrected chi connectivity index (χ2v) is 21.6. The topological polar surface area (TPSA) is 74.3 Å². The number of unbranched alkanes of at least 4 members (excludes halogenated alkanes) is 3. The second-order valence-electron chi connectivity index (χ2n) is 21.6. The molecule has 0 fully saturated rings. The van der Waals surface area contributed by atoms with Crippen LogP contribution in [0, 0.1) is 19.3 Å². The first kappa shape index (κ1) is 53.7. The van der Waals surface area contributed by atoms with Crippen LogP contribution in [0.2, 0.25) is 0 Å². The summed E-state index contributed by atoms with van der Waals surface area (Å²) in [6.45, 7) is 23.3. The summed E-state index contributed by atoms with van der Waals surface area (Å²) in [5.41, 5.74) is 9.06. The van der Waals surface area contributed by atoms with Crippen LogP contribution >= 0.6 is 0 Å². The molecule has 0 spiro atoms. The maximum absolute atomic E-state index is 13.3. The van der Waals surface area contributed by atoms with Gasteiger partial charge in [0.05, 0.1) is 5.41 Å². The van der Waals surface area contributed by atoms with E-state index in [2.05, 4.69) is 164 Å². The van der Waals surface area contributed by atoms with Gasteiger partial charge in [0, 0.05) is 27.9 Å². The molecule has 0 aromatic heterocycles. The fraction of sp³-hybridized carbons (Fsp3) is 0.333. The van der Waals surface area contributed by atoms with Crippen LogP contribution in [0.5, 0.6) is 23.0 Å². The average molecular weight is 978 g/mol. The van der Waals surface area contributed by atoms with Crippen molar-refractivity contribution < 1.29 is 28.5 Å². The van der Waals surface area contributed by atoms with Gasteiger partial charge in [-0.25, -0.2) is 4.79 Å². The minimum Gasteiger partial charge on any atom is -0.488 e. The van der Waals surface area contributed by atoms with E-state index in [1.807, 2.05) is 74.5 Å². The molecule has 0 bridgehead atoms. The van der Waals surface area contributed by atoms with Crippen LogP contribution in [0.4, 0.5) is 21.9 Å². The number of nitrogens with zero attached hydrogens (tertiary/aromatic N) is 1. The van der Waals surface area contributed by atoms with Crippen molar-refractivity contribution in [2.24, 2.45) is 5.41 Å². The predicted molar refractivity (Wildman–Crippen MR) is 298 cm³/mol. The predicted octanol–water partition coefficient (Wildman–Crippen LogP) is 17.9. The Balaban J connectivity index is 1.08. The normalized spacial score (nSPS) is 12.6. The molecular formula is C66H75NO6. The number of esters is 1. The van der Waals surface area contributed by atoms with Gasteiger partial charge >= 0.3 is 12.1 Å². The first-order valence-electron chi connectivity index (χ1n) is 26.1. The molecule has 0 N–H and O–H groups in total. The third kappa shape index (κ3) is 13.3. The highest BCUT2D eigenvalue weighted by molar-refractivity contribution is 5.79. The van der Waals surface area contributed by atoms with Crippen molar-refractivity contribution in [2.45, 2.75) is 138 Å². The van der Waals surface area contributed by atoms with Crippen LogP contribution in [0.25, 0.3) is 0 Å². The Morgan fingerprint density at radius 3 is 1.18 bits per heavy atom. The lowest BCUT2D eigenvalue weighted by molar-refractivity contribution is -0.144. The Morgan fingerprint density at radius 2 is 0.767 bits per heavy atom. The highest BCUT2D eigenvalue weighted by Gasteiger charge is 2.33. The molecule has 0 saturated heterocycles. The van der Waals surface area contributed by atoms with Gasteiger partial charge in [0.15, 0.2) is 0 Å². The number of carbonyl (C=O) groups excluding carboxylic acids is 2. The van der Waals surface area contributed by atoms with Gasteiger partial charge in [0.2, 0.25) is 0 Å². The van der Waals surface area contributed by atoms with E-state index in [-0.39, 0.29) is 17.0 Å². The SMILES string of the molecule is CCCCCC(C)(C)C(=O)Oc1ccc(C(C)(C)c2ccc(OC(=O)Oc3ccc(C(C)(c4ccc(OC(C)(C)CCCC)cc4)c4ccc(N(c5ccc(C)cc5)c5ccc(C)cc5)cc4)cc3)cc2)cc1. The number of carbonyl (C=O) groups is 2. The second kappa shape index (κ2) is 23.2. The summed E-state index contributed by atoms with van der Waals surface area (Å²) in [5.74, 6) is 1.88. The maximum atomic E-state index is 13.3. The summed E-state index contributed by atoms with van der Waals surface area (Å²) in [6.07, 6.45) is 6.36. The summed E-state index contributed by atoms with van der Waals surface area (Å²) in [6, 6.07) is 57.3. The van der Waals surface area contributed by atoms with E-state index < -0.39 is 17.0 Å². The van der Waals surface area contributed by atoms with Gasteiger partial charge in [-0.05, 0) is 180 Å². The lowest BCUT2D eigenvalue weighted by Crippen LogP contribution is -2.29. The number of benzene rings is 7. The lowest BCUT2D eigenvalue weighted by atomic mass is 9.71. The van der Waals surface area contributed by atoms with Crippen molar-refractivity contribution in [3.8, 4) is 23.0 Å². The van der Waals surface area contributed by atoms with Gasteiger partial charge in [-0.3, -0.25) is 4.79 Å².